The average molecular weight is 334 g/mol. The van der Waals surface area contributed by atoms with Crippen LogP contribution in [0, 0.1) is 11.3 Å². The van der Waals surface area contributed by atoms with Crippen molar-refractivity contribution in [2.45, 2.75) is 36.6 Å². The van der Waals surface area contributed by atoms with E-state index < -0.39 is 0 Å². The molecule has 0 fully saturated rings. The lowest BCUT2D eigenvalue weighted by Gasteiger charge is -2.07. The van der Waals surface area contributed by atoms with Crippen molar-refractivity contribution in [3.63, 3.8) is 0 Å². The van der Waals surface area contributed by atoms with Crippen molar-refractivity contribution in [2.75, 3.05) is 5.75 Å². The van der Waals surface area contributed by atoms with Gasteiger partial charge in [0.05, 0.1) is 5.75 Å². The predicted molar refractivity (Wildman–Crippen MR) is 83.4 cm³/mol. The zero-order valence-electron chi connectivity index (χ0n) is 11.8. The van der Waals surface area contributed by atoms with Crippen molar-refractivity contribution >= 4 is 28.7 Å². The van der Waals surface area contributed by atoms with E-state index in [0.717, 1.165) is 42.4 Å². The number of hydrogen-bond acceptors (Lipinski definition) is 8. The lowest BCUT2D eigenvalue weighted by Crippen LogP contribution is -2.07. The number of aliphatic hydroxyl groups excluding tert-OH is 1. The molecule has 0 unspecified atom stereocenters. The Morgan fingerprint density at radius 2 is 2.27 bits per heavy atom. The molecule has 0 bridgehead atoms. The number of fused-ring (bicyclic) bond motifs is 1. The van der Waals surface area contributed by atoms with Crippen LogP contribution in [0.5, 0.6) is 0 Å². The molecule has 2 aromatic heterocycles. The molecule has 1 aliphatic rings. The molecular weight excluding hydrogens is 320 g/mol. The number of aliphatic hydroxyl groups is 1. The van der Waals surface area contributed by atoms with Gasteiger partial charge in [-0.2, -0.15) is 5.26 Å². The molecule has 0 atom stereocenters. The Hall–Kier alpha value is -1.92. The molecule has 1 N–H and O–H groups in total. The highest BCUT2D eigenvalue weighted by Crippen LogP contribution is 2.25. The zero-order valence-corrected chi connectivity index (χ0v) is 13.4. The maximum absolute atomic E-state index is 10.3. The third-order valence-corrected chi connectivity index (χ3v) is 5.28. The largest absolute Gasteiger partial charge is 0.510 e. The van der Waals surface area contributed by atoms with Crippen LogP contribution in [0.1, 0.15) is 30.9 Å². The van der Waals surface area contributed by atoms with Gasteiger partial charge in [-0.3, -0.25) is 0 Å². The summed E-state index contributed by atoms with van der Waals surface area (Å²) in [6.07, 6.45) is 4.14. The first-order valence-electron chi connectivity index (χ1n) is 6.93. The van der Waals surface area contributed by atoms with E-state index in [9.17, 15) is 10.4 Å². The average Bonchev–Trinajstić information content (AvgIpc) is 3.12. The summed E-state index contributed by atoms with van der Waals surface area (Å²) in [6, 6.07) is 2.07. The number of thioether (sulfide) groups is 1. The molecule has 0 aliphatic carbocycles. The molecule has 0 saturated carbocycles. The molecule has 1 aliphatic heterocycles. The van der Waals surface area contributed by atoms with Gasteiger partial charge in [-0.15, -0.1) is 20.4 Å². The molecule has 0 amide bonds. The van der Waals surface area contributed by atoms with E-state index in [0.29, 0.717) is 5.82 Å². The van der Waals surface area contributed by atoms with Gasteiger partial charge in [-0.05, 0) is 12.8 Å². The minimum absolute atomic E-state index is 0.00199. The molecule has 22 heavy (non-hydrogen) atoms. The van der Waals surface area contributed by atoms with Gasteiger partial charge in [0.25, 0.3) is 0 Å². The topological polar surface area (TPSA) is 101 Å². The molecule has 3 rings (SSSR count). The van der Waals surface area contributed by atoms with Crippen LogP contribution in [0.3, 0.4) is 0 Å². The lowest BCUT2D eigenvalue weighted by atomic mass is 10.2. The summed E-state index contributed by atoms with van der Waals surface area (Å²) >= 11 is 2.74. The molecule has 0 radical (unpaired) electrons. The van der Waals surface area contributed by atoms with Crippen molar-refractivity contribution in [1.82, 2.24) is 25.0 Å². The molecule has 3 heterocycles. The molecule has 0 aromatic carbocycles. The van der Waals surface area contributed by atoms with Crippen molar-refractivity contribution in [3.8, 4) is 6.07 Å². The Bertz CT molecular complexity index is 715. The van der Waals surface area contributed by atoms with Crippen molar-refractivity contribution in [2.24, 2.45) is 0 Å². The molecule has 9 heteroatoms. The van der Waals surface area contributed by atoms with E-state index in [4.69, 9.17) is 0 Å². The van der Waals surface area contributed by atoms with Gasteiger partial charge in [0.15, 0.2) is 10.2 Å². The molecule has 0 saturated heterocycles. The second-order valence-electron chi connectivity index (χ2n) is 4.83. The van der Waals surface area contributed by atoms with Crippen molar-refractivity contribution in [1.29, 1.82) is 5.26 Å². The van der Waals surface area contributed by atoms with Crippen LogP contribution in [0.4, 0.5) is 0 Å². The number of aromatic nitrogens is 5. The normalized spacial score (nSPS) is 15.6. The molecule has 7 nitrogen and oxygen atoms in total. The van der Waals surface area contributed by atoms with E-state index in [1.165, 1.54) is 23.1 Å². The van der Waals surface area contributed by atoms with Crippen molar-refractivity contribution in [3.05, 3.63) is 22.9 Å². The first-order valence-corrected chi connectivity index (χ1v) is 8.79. The Labute approximate surface area is 135 Å². The second kappa shape index (κ2) is 6.89. The number of nitriles is 1. The molecular formula is C13H14N6OS2. The number of rotatable bonds is 4. The summed E-state index contributed by atoms with van der Waals surface area (Å²) in [6.45, 7) is 0.791. The second-order valence-corrected chi connectivity index (χ2v) is 6.88. The molecule has 2 aromatic rings. The third kappa shape index (κ3) is 3.13. The fourth-order valence-corrected chi connectivity index (χ4v) is 3.71. The summed E-state index contributed by atoms with van der Waals surface area (Å²) in [4.78, 5) is 0. The first-order chi connectivity index (χ1) is 10.8. The van der Waals surface area contributed by atoms with E-state index in [2.05, 4.69) is 26.5 Å². The number of aryl methyl sites for hydroxylation is 1. The summed E-state index contributed by atoms with van der Waals surface area (Å²) in [5.41, 5.74) is 1.82. The van der Waals surface area contributed by atoms with Gasteiger partial charge < -0.3 is 9.67 Å². The Morgan fingerprint density at radius 3 is 3.05 bits per heavy atom. The van der Waals surface area contributed by atoms with Crippen LogP contribution < -0.4 is 0 Å². The fraction of sp³-hybridized carbons (Fsp3) is 0.462. The van der Waals surface area contributed by atoms with E-state index >= 15 is 0 Å². The standard InChI is InChI=1S/C13H14N6OS2/c14-6-9(10(20)7-21-13-18-15-8-22-13)12-17-16-11-4-2-1-3-5-19(11)12/h8,20H,1-5,7H2/b10-9-. The van der Waals surface area contributed by atoms with Gasteiger partial charge >= 0.3 is 0 Å². The van der Waals surface area contributed by atoms with E-state index in [1.807, 2.05) is 4.57 Å². The Balaban J connectivity index is 1.85. The summed E-state index contributed by atoms with van der Waals surface area (Å²) < 4.78 is 2.71. The highest BCUT2D eigenvalue weighted by Gasteiger charge is 2.20. The highest BCUT2D eigenvalue weighted by molar-refractivity contribution is 8.01. The monoisotopic (exact) mass is 334 g/mol. The molecule has 114 valence electrons. The van der Waals surface area contributed by atoms with Gasteiger partial charge in [-0.25, -0.2) is 0 Å². The third-order valence-electron chi connectivity index (χ3n) is 3.41. The quantitative estimate of drug-likeness (QED) is 0.520. The van der Waals surface area contributed by atoms with Crippen LogP contribution in [-0.2, 0) is 13.0 Å². The minimum Gasteiger partial charge on any atom is -0.510 e. The van der Waals surface area contributed by atoms with E-state index in [1.54, 1.807) is 5.51 Å². The smallest absolute Gasteiger partial charge is 0.178 e. The number of nitrogens with zero attached hydrogens (tertiary/aromatic N) is 6. The van der Waals surface area contributed by atoms with E-state index in [-0.39, 0.29) is 17.1 Å². The Kier molecular flexibility index (Phi) is 4.70. The summed E-state index contributed by atoms with van der Waals surface area (Å²) in [7, 11) is 0. The lowest BCUT2D eigenvalue weighted by molar-refractivity contribution is 0.420. The Morgan fingerprint density at radius 1 is 1.36 bits per heavy atom. The van der Waals surface area contributed by atoms with Gasteiger partial charge in [-0.1, -0.05) is 29.5 Å². The highest BCUT2D eigenvalue weighted by atomic mass is 32.2. The van der Waals surface area contributed by atoms with Crippen molar-refractivity contribution < 1.29 is 5.11 Å². The first kappa shape index (κ1) is 15.0. The zero-order chi connectivity index (χ0) is 15.4. The van der Waals surface area contributed by atoms with Crippen LogP contribution >= 0.6 is 23.1 Å². The predicted octanol–water partition coefficient (Wildman–Crippen LogP) is 2.44. The van der Waals surface area contributed by atoms with Gasteiger partial charge in [0.1, 0.15) is 28.7 Å². The van der Waals surface area contributed by atoms with Crippen LogP contribution in [0.2, 0.25) is 0 Å². The number of hydrogen-bond donors (Lipinski definition) is 1. The summed E-state index contributed by atoms with van der Waals surface area (Å²) in [5, 5.41) is 35.6. The minimum atomic E-state index is 0.00199. The maximum atomic E-state index is 10.3. The maximum Gasteiger partial charge on any atom is 0.178 e. The van der Waals surface area contributed by atoms with Gasteiger partial charge in [0.2, 0.25) is 0 Å². The van der Waals surface area contributed by atoms with Crippen LogP contribution in [0.15, 0.2) is 15.6 Å². The fourth-order valence-electron chi connectivity index (χ4n) is 2.34. The number of allylic oxidation sites excluding steroid dienone is 1. The van der Waals surface area contributed by atoms with Crippen LogP contribution in [0.25, 0.3) is 5.57 Å². The molecule has 0 spiro atoms. The van der Waals surface area contributed by atoms with Gasteiger partial charge in [0, 0.05) is 13.0 Å². The summed E-state index contributed by atoms with van der Waals surface area (Å²) in [5.74, 6) is 1.63. The van der Waals surface area contributed by atoms with Crippen LogP contribution in [-0.4, -0.2) is 35.8 Å². The SMILES string of the molecule is N#C/C(=C(/O)CSc1nncs1)c1nnc2n1CCCCC2.